The minimum absolute atomic E-state index is 0.0637. The van der Waals surface area contributed by atoms with Gasteiger partial charge < -0.3 is 78.1 Å². The van der Waals surface area contributed by atoms with Crippen molar-refractivity contribution in [3.8, 4) is 23.0 Å². The van der Waals surface area contributed by atoms with E-state index >= 15 is 0 Å². The number of thioether (sulfide) groups is 1. The van der Waals surface area contributed by atoms with Crippen LogP contribution in [0.3, 0.4) is 0 Å². The van der Waals surface area contributed by atoms with Crippen molar-refractivity contribution in [2.45, 2.75) is 74.3 Å². The van der Waals surface area contributed by atoms with Crippen LogP contribution in [-0.2, 0) is 28.5 Å². The smallest absolute Gasteiger partial charge is 0.336 e. The van der Waals surface area contributed by atoms with Gasteiger partial charge in [0.2, 0.25) is 12.6 Å². The van der Waals surface area contributed by atoms with Crippen molar-refractivity contribution in [2.75, 3.05) is 24.7 Å². The maximum Gasteiger partial charge on any atom is 0.336 e. The largest absolute Gasteiger partial charge is 0.504 e. The standard InChI is InChI=1S/C36H38O20S/c37-17-11-19-15(1-3-27(41)51-19)9-21(17)53-35-33(47)31(45)29(43)23(55-35)13-49-25(39)5-7-57-8-6-26(40)50-14-24-30(44)32(46)34(48)36(56-24)54-22-10-16-2-4-28(42)52-20(16)12-18(22)38/h1-4,9-12,23-24,29-38,43-48H,5-8,13-14H2. The van der Waals surface area contributed by atoms with Crippen molar-refractivity contribution in [3.05, 3.63) is 69.4 Å². The Balaban J connectivity index is 0.906. The highest BCUT2D eigenvalue weighted by molar-refractivity contribution is 7.99. The second kappa shape index (κ2) is 18.1. The number of benzene rings is 2. The van der Waals surface area contributed by atoms with Crippen LogP contribution in [0, 0.1) is 0 Å². The Morgan fingerprint density at radius 2 is 0.982 bits per heavy atom. The summed E-state index contributed by atoms with van der Waals surface area (Å²) in [6.45, 7) is -1.07. The number of aliphatic hydroxyl groups excluding tert-OH is 6. The summed E-state index contributed by atoms with van der Waals surface area (Å²) in [5.74, 6) is -2.35. The van der Waals surface area contributed by atoms with E-state index in [2.05, 4.69) is 0 Å². The minimum atomic E-state index is -1.78. The molecule has 0 amide bonds. The summed E-state index contributed by atoms with van der Waals surface area (Å²) in [7, 11) is 0. The van der Waals surface area contributed by atoms with E-state index in [1.807, 2.05) is 0 Å². The number of fused-ring (bicyclic) bond motifs is 2. The van der Waals surface area contributed by atoms with E-state index in [9.17, 15) is 60.0 Å². The van der Waals surface area contributed by atoms with Crippen molar-refractivity contribution in [2.24, 2.45) is 0 Å². The molecule has 0 radical (unpaired) electrons. The van der Waals surface area contributed by atoms with Crippen LogP contribution < -0.4 is 20.7 Å². The number of aliphatic hydroxyl groups is 6. The zero-order valence-corrected chi connectivity index (χ0v) is 30.3. The first-order valence-electron chi connectivity index (χ1n) is 17.3. The van der Waals surface area contributed by atoms with E-state index in [-0.39, 0.29) is 47.0 Å². The fraction of sp³-hybridized carbons (Fsp3) is 0.444. The topological polar surface area (TPSA) is 312 Å². The van der Waals surface area contributed by atoms with Crippen LogP contribution in [0.4, 0.5) is 0 Å². The van der Waals surface area contributed by atoms with Crippen LogP contribution in [0.25, 0.3) is 21.9 Å². The molecule has 2 aromatic heterocycles. The third-order valence-corrected chi connectivity index (χ3v) is 9.93. The quantitative estimate of drug-likeness (QED) is 0.0429. The Bertz CT molecular complexity index is 2020. The van der Waals surface area contributed by atoms with Crippen LogP contribution >= 0.6 is 11.8 Å². The number of carbonyl (C=O) groups excluding carboxylic acids is 2. The van der Waals surface area contributed by atoms with Crippen molar-refractivity contribution < 1.29 is 87.7 Å². The number of hydrogen-bond acceptors (Lipinski definition) is 21. The Labute approximate surface area is 324 Å². The minimum Gasteiger partial charge on any atom is -0.504 e. The average Bonchev–Trinajstić information content (AvgIpc) is 3.17. The second-order valence-corrected chi connectivity index (χ2v) is 14.2. The number of phenolic OH excluding ortho intramolecular Hbond substituents is 2. The summed E-state index contributed by atoms with van der Waals surface area (Å²) in [5, 5.41) is 83.9. The molecule has 10 unspecified atom stereocenters. The number of ether oxygens (including phenoxy) is 6. The molecule has 0 aliphatic carbocycles. The molecule has 0 spiro atoms. The fourth-order valence-electron chi connectivity index (χ4n) is 5.82. The maximum absolute atomic E-state index is 12.4. The summed E-state index contributed by atoms with van der Waals surface area (Å²) >= 11 is 1.20. The van der Waals surface area contributed by atoms with Crippen LogP contribution in [0.1, 0.15) is 12.8 Å². The van der Waals surface area contributed by atoms with E-state index in [1.165, 1.54) is 36.0 Å². The third-order valence-electron chi connectivity index (χ3n) is 8.94. The fourth-order valence-corrected chi connectivity index (χ4v) is 6.64. The van der Waals surface area contributed by atoms with Crippen LogP contribution in [0.15, 0.2) is 67.0 Å². The van der Waals surface area contributed by atoms with Gasteiger partial charge in [0.05, 0.1) is 12.8 Å². The predicted octanol–water partition coefficient (Wildman–Crippen LogP) is -1.02. The van der Waals surface area contributed by atoms with E-state index in [0.717, 1.165) is 24.3 Å². The van der Waals surface area contributed by atoms with Gasteiger partial charge in [0.1, 0.15) is 73.2 Å². The first-order chi connectivity index (χ1) is 27.2. The van der Waals surface area contributed by atoms with Gasteiger partial charge in [-0.2, -0.15) is 11.8 Å². The lowest BCUT2D eigenvalue weighted by Crippen LogP contribution is -2.60. The maximum atomic E-state index is 12.4. The van der Waals surface area contributed by atoms with Gasteiger partial charge >= 0.3 is 23.2 Å². The molecule has 0 bridgehead atoms. The number of hydrogen-bond donors (Lipinski definition) is 8. The predicted molar refractivity (Wildman–Crippen MR) is 191 cm³/mol. The van der Waals surface area contributed by atoms with Crippen molar-refractivity contribution in [3.63, 3.8) is 0 Å². The monoisotopic (exact) mass is 822 g/mol. The van der Waals surface area contributed by atoms with Crippen molar-refractivity contribution >= 4 is 45.6 Å². The van der Waals surface area contributed by atoms with Gasteiger partial charge in [-0.3, -0.25) is 9.59 Å². The van der Waals surface area contributed by atoms with Gasteiger partial charge in [-0.1, -0.05) is 0 Å². The van der Waals surface area contributed by atoms with Crippen LogP contribution in [0.2, 0.25) is 0 Å². The average molecular weight is 823 g/mol. The molecular formula is C36H38O20S. The molecule has 2 fully saturated rings. The lowest BCUT2D eigenvalue weighted by Gasteiger charge is -2.39. The highest BCUT2D eigenvalue weighted by atomic mass is 32.2. The second-order valence-electron chi connectivity index (χ2n) is 13.0. The molecule has 57 heavy (non-hydrogen) atoms. The number of carbonyl (C=O) groups is 2. The number of phenols is 2. The third kappa shape index (κ3) is 9.95. The molecule has 2 aliphatic rings. The van der Waals surface area contributed by atoms with Crippen LogP contribution in [0.5, 0.6) is 23.0 Å². The van der Waals surface area contributed by atoms with E-state index in [0.29, 0.717) is 10.8 Å². The first kappa shape index (κ1) is 41.7. The highest BCUT2D eigenvalue weighted by Gasteiger charge is 2.47. The number of rotatable bonds is 14. The molecule has 20 nitrogen and oxygen atoms in total. The zero-order valence-electron chi connectivity index (χ0n) is 29.5. The Kier molecular flexibility index (Phi) is 13.2. The van der Waals surface area contributed by atoms with Crippen molar-refractivity contribution in [1.82, 2.24) is 0 Å². The molecule has 4 heterocycles. The molecule has 308 valence electrons. The molecule has 2 aromatic carbocycles. The van der Waals surface area contributed by atoms with Gasteiger partial charge in [0, 0.05) is 46.5 Å². The molecule has 2 aliphatic heterocycles. The molecule has 2 saturated heterocycles. The zero-order chi connectivity index (χ0) is 41.0. The van der Waals surface area contributed by atoms with Gasteiger partial charge in [-0.05, 0) is 24.3 Å². The molecule has 4 aromatic rings. The lowest BCUT2D eigenvalue weighted by atomic mass is 9.99. The summed E-state index contributed by atoms with van der Waals surface area (Å²) in [5.41, 5.74) is -1.16. The van der Waals surface area contributed by atoms with Gasteiger partial charge in [-0.25, -0.2) is 9.59 Å². The summed E-state index contributed by atoms with van der Waals surface area (Å²) in [4.78, 5) is 47.7. The van der Waals surface area contributed by atoms with Crippen molar-refractivity contribution in [1.29, 1.82) is 0 Å². The van der Waals surface area contributed by atoms with Gasteiger partial charge in [-0.15, -0.1) is 0 Å². The van der Waals surface area contributed by atoms with E-state index in [1.54, 1.807) is 0 Å². The lowest BCUT2D eigenvalue weighted by molar-refractivity contribution is -0.278. The summed E-state index contributed by atoms with van der Waals surface area (Å²) in [6, 6.07) is 9.96. The SMILES string of the molecule is O=C(CCSCCC(=O)OCC1OC(Oc2cc3ccc(=O)oc3cc2O)C(O)C(O)C1O)OCC1OC(Oc2cc3ccc(=O)oc3cc2O)C(O)C(O)C1O. The van der Waals surface area contributed by atoms with Gasteiger partial charge in [0.15, 0.2) is 23.0 Å². The normalized spacial score (nSPS) is 27.5. The van der Waals surface area contributed by atoms with Crippen LogP contribution in [-0.4, -0.2) is 139 Å². The van der Waals surface area contributed by atoms with Gasteiger partial charge in [0.25, 0.3) is 0 Å². The van der Waals surface area contributed by atoms with E-state index in [4.69, 9.17) is 37.3 Å². The molecule has 21 heteroatoms. The number of aromatic hydroxyl groups is 2. The van der Waals surface area contributed by atoms with E-state index < -0.39 is 109 Å². The Morgan fingerprint density at radius 1 is 0.579 bits per heavy atom. The summed E-state index contributed by atoms with van der Waals surface area (Å²) in [6.07, 6.45) is -16.6. The molecule has 8 N–H and O–H groups in total. The highest BCUT2D eigenvalue weighted by Crippen LogP contribution is 2.35. The molecule has 6 rings (SSSR count). The Morgan fingerprint density at radius 3 is 1.39 bits per heavy atom. The Hall–Kier alpha value is -4.97. The molecule has 0 saturated carbocycles. The summed E-state index contributed by atoms with van der Waals surface area (Å²) < 4.78 is 42.6. The number of esters is 2. The first-order valence-corrected chi connectivity index (χ1v) is 18.5. The molecular weight excluding hydrogens is 784 g/mol. The molecule has 10 atom stereocenters.